The second-order valence-electron chi connectivity index (χ2n) is 8.16. The molecule has 24 heavy (non-hydrogen) atoms. The number of nitrogens with zero attached hydrogens (tertiary/aromatic N) is 1. The van der Waals surface area contributed by atoms with Gasteiger partial charge in [-0.1, -0.05) is 42.8 Å². The minimum atomic E-state index is -0.998. The van der Waals surface area contributed by atoms with Gasteiger partial charge in [0.05, 0.1) is 6.10 Å². The first-order valence-electron chi connectivity index (χ1n) is 8.89. The molecule has 0 aromatic heterocycles. The number of rotatable bonds is 1. The van der Waals surface area contributed by atoms with E-state index in [9.17, 15) is 15.1 Å². The number of allylic oxidation sites excluding steroid dienone is 2. The van der Waals surface area contributed by atoms with Crippen molar-refractivity contribution < 1.29 is 10.2 Å². The molecule has 5 unspecified atom stereocenters. The van der Waals surface area contributed by atoms with Crippen molar-refractivity contribution in [2.24, 2.45) is 22.4 Å². The lowest BCUT2D eigenvalue weighted by Crippen LogP contribution is -2.25. The highest BCUT2D eigenvalue weighted by Crippen LogP contribution is 2.61. The fourth-order valence-corrected chi connectivity index (χ4v) is 3.92. The van der Waals surface area contributed by atoms with Crippen LogP contribution in [0.2, 0.25) is 0 Å². The van der Waals surface area contributed by atoms with Crippen LogP contribution in [0.4, 0.5) is 0 Å². The lowest BCUT2D eigenvalue weighted by molar-refractivity contribution is 0.189. The van der Waals surface area contributed by atoms with Crippen molar-refractivity contribution in [1.82, 2.24) is 0 Å². The Hall–Kier alpha value is -1.26. The largest absolute Gasteiger partial charge is 0.388 e. The standard InChI is InChI=1S/C20H31NO3/c1-12-6-8-15-16(20(15,4)5)10-14(3)19(21-24)18(23)11-13(2)17(22)9-7-12/h7,10-11,15-19,22-23H,6,8-9H2,1-5H3/b12-7-,13-11-,14-10-. The van der Waals surface area contributed by atoms with E-state index in [2.05, 4.69) is 38.1 Å². The van der Waals surface area contributed by atoms with Gasteiger partial charge in [-0.3, -0.25) is 0 Å². The van der Waals surface area contributed by atoms with Crippen LogP contribution in [0.25, 0.3) is 0 Å². The molecule has 0 heterocycles. The zero-order chi connectivity index (χ0) is 18.1. The third kappa shape index (κ3) is 4.04. The molecule has 134 valence electrons. The first kappa shape index (κ1) is 19.1. The number of aliphatic hydroxyl groups is 2. The van der Waals surface area contributed by atoms with Crippen LogP contribution < -0.4 is 0 Å². The average Bonchev–Trinajstić information content (AvgIpc) is 3.01. The van der Waals surface area contributed by atoms with E-state index in [1.165, 1.54) is 5.57 Å². The van der Waals surface area contributed by atoms with Crippen molar-refractivity contribution in [2.75, 3.05) is 0 Å². The Bertz CT molecular complexity index is 573. The Morgan fingerprint density at radius 2 is 1.79 bits per heavy atom. The van der Waals surface area contributed by atoms with Crippen molar-refractivity contribution in [3.63, 3.8) is 0 Å². The van der Waals surface area contributed by atoms with Gasteiger partial charge in [0.1, 0.15) is 12.1 Å². The third-order valence-corrected chi connectivity index (χ3v) is 5.98. The van der Waals surface area contributed by atoms with Crippen molar-refractivity contribution >= 4 is 0 Å². The number of hydrogen-bond acceptors (Lipinski definition) is 4. The van der Waals surface area contributed by atoms with Gasteiger partial charge < -0.3 is 10.2 Å². The van der Waals surface area contributed by atoms with Gasteiger partial charge >= 0.3 is 0 Å². The lowest BCUT2D eigenvalue weighted by atomic mass is 9.96. The molecule has 2 aliphatic rings. The highest BCUT2D eigenvalue weighted by Gasteiger charge is 2.55. The summed E-state index contributed by atoms with van der Waals surface area (Å²) in [6, 6.07) is -0.788. The summed E-state index contributed by atoms with van der Waals surface area (Å²) in [6.45, 7) is 10.3. The second kappa shape index (κ2) is 7.32. The molecule has 0 aromatic rings. The van der Waals surface area contributed by atoms with Gasteiger partial charge in [0.2, 0.25) is 0 Å². The maximum atomic E-state index is 11.3. The molecule has 2 aliphatic carbocycles. The summed E-state index contributed by atoms with van der Waals surface area (Å²) < 4.78 is 0. The van der Waals surface area contributed by atoms with Crippen molar-refractivity contribution in [1.29, 1.82) is 0 Å². The van der Waals surface area contributed by atoms with Crippen LogP contribution in [-0.2, 0) is 0 Å². The van der Waals surface area contributed by atoms with Crippen molar-refractivity contribution in [2.45, 2.75) is 72.1 Å². The molecule has 1 saturated carbocycles. The van der Waals surface area contributed by atoms with Gasteiger partial charge in [0.15, 0.2) is 0 Å². The zero-order valence-corrected chi connectivity index (χ0v) is 15.5. The SMILES string of the molecule is C/C1=C/CC(O)/C(C)=C\C(O)C(N=O)/C(C)=C\C2C(CC1)C2(C)C. The van der Waals surface area contributed by atoms with E-state index in [0.717, 1.165) is 18.4 Å². The van der Waals surface area contributed by atoms with Crippen LogP contribution in [0.1, 0.15) is 53.9 Å². The molecule has 2 N–H and O–H groups in total. The average molecular weight is 333 g/mol. The summed E-state index contributed by atoms with van der Waals surface area (Å²) in [6.07, 6.45) is 6.82. The molecular weight excluding hydrogens is 302 g/mol. The van der Waals surface area contributed by atoms with E-state index in [4.69, 9.17) is 0 Å². The minimum absolute atomic E-state index is 0.228. The number of aliphatic hydroxyl groups excluding tert-OH is 2. The van der Waals surface area contributed by atoms with Gasteiger partial charge in [0, 0.05) is 0 Å². The summed E-state index contributed by atoms with van der Waals surface area (Å²) in [5, 5.41) is 23.8. The molecule has 0 amide bonds. The molecular formula is C20H31NO3. The molecule has 4 nitrogen and oxygen atoms in total. The first-order valence-corrected chi connectivity index (χ1v) is 8.89. The molecule has 4 heteroatoms. The number of nitroso groups, excluding NO2 is 1. The van der Waals surface area contributed by atoms with Gasteiger partial charge in [-0.15, -0.1) is 0 Å². The number of hydrogen-bond donors (Lipinski definition) is 2. The lowest BCUT2D eigenvalue weighted by Gasteiger charge is -2.17. The molecule has 2 rings (SSSR count). The van der Waals surface area contributed by atoms with Crippen molar-refractivity contribution in [3.05, 3.63) is 39.9 Å². The Balaban J connectivity index is 2.34. The molecule has 0 spiro atoms. The van der Waals surface area contributed by atoms with Gasteiger partial charge in [-0.25, -0.2) is 0 Å². The Labute approximate surface area is 145 Å². The smallest absolute Gasteiger partial charge is 0.142 e. The second-order valence-corrected chi connectivity index (χ2v) is 8.16. The molecule has 0 radical (unpaired) electrons. The first-order chi connectivity index (χ1) is 11.2. The Morgan fingerprint density at radius 3 is 2.42 bits per heavy atom. The van der Waals surface area contributed by atoms with Crippen molar-refractivity contribution in [3.8, 4) is 0 Å². The van der Waals surface area contributed by atoms with E-state index in [1.54, 1.807) is 13.0 Å². The predicted molar refractivity (Wildman–Crippen MR) is 97.5 cm³/mol. The highest BCUT2D eigenvalue weighted by atomic mass is 16.3. The van der Waals surface area contributed by atoms with Crippen LogP contribution >= 0.6 is 0 Å². The summed E-state index contributed by atoms with van der Waals surface area (Å²) in [5.41, 5.74) is 3.02. The summed E-state index contributed by atoms with van der Waals surface area (Å²) in [7, 11) is 0. The fourth-order valence-electron chi connectivity index (χ4n) is 3.92. The molecule has 5 atom stereocenters. The van der Waals surface area contributed by atoms with Crippen LogP contribution in [0.15, 0.2) is 40.1 Å². The minimum Gasteiger partial charge on any atom is -0.388 e. The molecule has 0 aliphatic heterocycles. The van der Waals surface area contributed by atoms with E-state index in [-0.39, 0.29) is 5.41 Å². The normalized spacial score (nSPS) is 43.8. The Kier molecular flexibility index (Phi) is 5.82. The molecule has 0 saturated heterocycles. The van der Waals surface area contributed by atoms with Gasteiger partial charge in [-0.05, 0) is 68.4 Å². The topological polar surface area (TPSA) is 69.9 Å². The zero-order valence-electron chi connectivity index (χ0n) is 15.5. The molecule has 1 fully saturated rings. The van der Waals surface area contributed by atoms with E-state index in [0.29, 0.717) is 23.8 Å². The van der Waals surface area contributed by atoms with Crippen LogP contribution in [0.3, 0.4) is 0 Å². The Morgan fingerprint density at radius 1 is 1.12 bits per heavy atom. The van der Waals surface area contributed by atoms with Gasteiger partial charge in [0.25, 0.3) is 0 Å². The van der Waals surface area contributed by atoms with E-state index < -0.39 is 18.2 Å². The monoisotopic (exact) mass is 333 g/mol. The van der Waals surface area contributed by atoms with Gasteiger partial charge in [-0.2, -0.15) is 4.91 Å². The van der Waals surface area contributed by atoms with Crippen LogP contribution in [-0.4, -0.2) is 28.5 Å². The molecule has 0 aromatic carbocycles. The summed E-state index contributed by atoms with van der Waals surface area (Å²) in [4.78, 5) is 11.3. The molecule has 0 bridgehead atoms. The third-order valence-electron chi connectivity index (χ3n) is 5.98. The maximum Gasteiger partial charge on any atom is 0.142 e. The summed E-state index contributed by atoms with van der Waals surface area (Å²) in [5.74, 6) is 1.02. The maximum absolute atomic E-state index is 11.3. The quantitative estimate of drug-likeness (QED) is 0.560. The van der Waals surface area contributed by atoms with E-state index >= 15 is 0 Å². The highest BCUT2D eigenvalue weighted by molar-refractivity contribution is 5.25. The van der Waals surface area contributed by atoms with Crippen LogP contribution in [0, 0.1) is 22.2 Å². The summed E-state index contributed by atoms with van der Waals surface area (Å²) >= 11 is 0. The predicted octanol–water partition coefficient (Wildman–Crippen LogP) is 4.14. The fraction of sp³-hybridized carbons (Fsp3) is 0.700. The number of fused-ring (bicyclic) bond motifs is 1. The van der Waals surface area contributed by atoms with Crippen LogP contribution in [0.5, 0.6) is 0 Å². The van der Waals surface area contributed by atoms with E-state index in [1.807, 2.05) is 6.92 Å².